The molecule has 3 unspecified atom stereocenters. The first-order chi connectivity index (χ1) is 11.8. The Bertz CT molecular complexity index is 406. The van der Waals surface area contributed by atoms with Crippen LogP contribution in [0.1, 0.15) is 59.8 Å². The van der Waals surface area contributed by atoms with Crippen LogP contribution in [0.5, 0.6) is 0 Å². The summed E-state index contributed by atoms with van der Waals surface area (Å²) in [5.41, 5.74) is 0. The van der Waals surface area contributed by atoms with Crippen LogP contribution in [0.3, 0.4) is 0 Å². The van der Waals surface area contributed by atoms with Gasteiger partial charge in [0.1, 0.15) is 6.61 Å². The zero-order chi connectivity index (χ0) is 19.2. The molecular weight excluding hydrogens is 328 g/mol. The number of ether oxygens (including phenoxy) is 3. The van der Waals surface area contributed by atoms with Crippen LogP contribution in [0.25, 0.3) is 0 Å². The van der Waals surface area contributed by atoms with Gasteiger partial charge in [0.15, 0.2) is 0 Å². The zero-order valence-corrected chi connectivity index (χ0v) is 15.8. The summed E-state index contributed by atoms with van der Waals surface area (Å²) in [7, 11) is 0. The predicted molar refractivity (Wildman–Crippen MR) is 91.6 cm³/mol. The maximum atomic E-state index is 12.3. The molecular formula is C18H32O7. The molecule has 0 aliphatic rings. The molecule has 146 valence electrons. The Kier molecular flexibility index (Phi) is 12.7. The van der Waals surface area contributed by atoms with Crippen molar-refractivity contribution in [1.29, 1.82) is 0 Å². The number of aliphatic hydroxyl groups is 1. The average Bonchev–Trinajstić information content (AvgIpc) is 2.57. The summed E-state index contributed by atoms with van der Waals surface area (Å²) in [6, 6.07) is 0. The van der Waals surface area contributed by atoms with E-state index in [1.165, 1.54) is 6.92 Å². The quantitative estimate of drug-likeness (QED) is 0.305. The fraction of sp³-hybridized carbons (Fsp3) is 0.833. The lowest BCUT2D eigenvalue weighted by molar-refractivity contribution is -0.164. The van der Waals surface area contributed by atoms with E-state index in [1.54, 1.807) is 6.92 Å². The monoisotopic (exact) mass is 360 g/mol. The van der Waals surface area contributed by atoms with Crippen molar-refractivity contribution < 1.29 is 33.7 Å². The lowest BCUT2D eigenvalue weighted by Crippen LogP contribution is -2.33. The third-order valence-corrected chi connectivity index (χ3v) is 3.63. The Hall–Kier alpha value is -1.63. The van der Waals surface area contributed by atoms with E-state index in [0.29, 0.717) is 6.42 Å². The first kappa shape index (κ1) is 23.4. The van der Waals surface area contributed by atoms with E-state index >= 15 is 0 Å². The SMILES string of the molecule is CCCCOC(=O)C(C)C(CC(=O)OCC(C)O)C(=O)OCCCC. The van der Waals surface area contributed by atoms with Crippen molar-refractivity contribution in [2.24, 2.45) is 11.8 Å². The first-order valence-electron chi connectivity index (χ1n) is 9.00. The standard InChI is InChI=1S/C18H32O7/c1-5-7-9-23-17(21)14(4)15(18(22)24-10-8-6-2)11-16(20)25-12-13(3)19/h13-15,19H,5-12H2,1-4H3. The minimum atomic E-state index is -0.965. The highest BCUT2D eigenvalue weighted by atomic mass is 16.5. The van der Waals surface area contributed by atoms with E-state index in [-0.39, 0.29) is 26.2 Å². The molecule has 25 heavy (non-hydrogen) atoms. The largest absolute Gasteiger partial charge is 0.465 e. The number of carbonyl (C=O) groups is 3. The van der Waals surface area contributed by atoms with Gasteiger partial charge in [-0.15, -0.1) is 0 Å². The molecule has 0 radical (unpaired) electrons. The second-order valence-electron chi connectivity index (χ2n) is 6.17. The normalized spacial score (nSPS) is 14.3. The number of hydrogen-bond acceptors (Lipinski definition) is 7. The summed E-state index contributed by atoms with van der Waals surface area (Å²) in [6.07, 6.45) is 2.11. The van der Waals surface area contributed by atoms with Crippen LogP contribution < -0.4 is 0 Å². The van der Waals surface area contributed by atoms with E-state index in [0.717, 1.165) is 19.3 Å². The van der Waals surface area contributed by atoms with E-state index in [2.05, 4.69) is 0 Å². The van der Waals surface area contributed by atoms with Gasteiger partial charge in [-0.25, -0.2) is 0 Å². The Morgan fingerprint density at radius 2 is 1.40 bits per heavy atom. The van der Waals surface area contributed by atoms with E-state index in [9.17, 15) is 14.4 Å². The Balaban J connectivity index is 4.82. The van der Waals surface area contributed by atoms with Crippen LogP contribution >= 0.6 is 0 Å². The highest BCUT2D eigenvalue weighted by Crippen LogP contribution is 2.21. The van der Waals surface area contributed by atoms with E-state index in [4.69, 9.17) is 19.3 Å². The minimum Gasteiger partial charge on any atom is -0.465 e. The molecule has 7 nitrogen and oxygen atoms in total. The second-order valence-corrected chi connectivity index (χ2v) is 6.17. The Morgan fingerprint density at radius 3 is 1.88 bits per heavy atom. The molecule has 0 aliphatic carbocycles. The summed E-state index contributed by atoms with van der Waals surface area (Å²) < 4.78 is 15.2. The lowest BCUT2D eigenvalue weighted by atomic mass is 9.91. The molecule has 0 rings (SSSR count). The van der Waals surface area contributed by atoms with E-state index in [1.807, 2.05) is 13.8 Å². The molecule has 0 aromatic heterocycles. The molecule has 0 aromatic carbocycles. The third kappa shape index (κ3) is 10.8. The second kappa shape index (κ2) is 13.6. The van der Waals surface area contributed by atoms with Gasteiger partial charge in [0.05, 0.1) is 37.6 Å². The third-order valence-electron chi connectivity index (χ3n) is 3.63. The maximum absolute atomic E-state index is 12.3. The van der Waals surface area contributed by atoms with Crippen molar-refractivity contribution >= 4 is 17.9 Å². The van der Waals surface area contributed by atoms with Crippen molar-refractivity contribution in [1.82, 2.24) is 0 Å². The number of hydrogen-bond donors (Lipinski definition) is 1. The molecule has 1 N–H and O–H groups in total. The number of rotatable bonds is 13. The molecule has 3 atom stereocenters. The average molecular weight is 360 g/mol. The van der Waals surface area contributed by atoms with Crippen molar-refractivity contribution in [2.75, 3.05) is 19.8 Å². The van der Waals surface area contributed by atoms with Crippen LogP contribution in [0.15, 0.2) is 0 Å². The summed E-state index contributed by atoms with van der Waals surface area (Å²) in [6.45, 7) is 7.33. The molecule has 7 heteroatoms. The topological polar surface area (TPSA) is 99.1 Å². The molecule has 0 amide bonds. The summed E-state index contributed by atoms with van der Waals surface area (Å²) in [5.74, 6) is -3.58. The minimum absolute atomic E-state index is 0.161. The molecule has 0 bridgehead atoms. The highest BCUT2D eigenvalue weighted by molar-refractivity contribution is 5.85. The van der Waals surface area contributed by atoms with Crippen LogP contribution in [-0.4, -0.2) is 48.9 Å². The van der Waals surface area contributed by atoms with Gasteiger partial charge in [-0.2, -0.15) is 0 Å². The Labute approximate surface area is 150 Å². The molecule has 0 saturated carbocycles. The van der Waals surface area contributed by atoms with Gasteiger partial charge in [-0.05, 0) is 19.8 Å². The molecule has 0 spiro atoms. The number of aliphatic hydroxyl groups excluding tert-OH is 1. The molecule has 0 heterocycles. The van der Waals surface area contributed by atoms with Crippen molar-refractivity contribution in [2.45, 2.75) is 65.9 Å². The van der Waals surface area contributed by atoms with Crippen LogP contribution in [0.2, 0.25) is 0 Å². The number of carbonyl (C=O) groups excluding carboxylic acids is 3. The highest BCUT2D eigenvalue weighted by Gasteiger charge is 2.35. The fourth-order valence-electron chi connectivity index (χ4n) is 1.95. The number of esters is 3. The lowest BCUT2D eigenvalue weighted by Gasteiger charge is -2.21. The smallest absolute Gasteiger partial charge is 0.310 e. The number of unbranched alkanes of at least 4 members (excludes halogenated alkanes) is 2. The van der Waals surface area contributed by atoms with Gasteiger partial charge in [0.25, 0.3) is 0 Å². The van der Waals surface area contributed by atoms with Gasteiger partial charge in [0.2, 0.25) is 0 Å². The van der Waals surface area contributed by atoms with Gasteiger partial charge >= 0.3 is 17.9 Å². The van der Waals surface area contributed by atoms with Crippen molar-refractivity contribution in [3.63, 3.8) is 0 Å². The van der Waals surface area contributed by atoms with Gasteiger partial charge in [-0.1, -0.05) is 33.6 Å². The first-order valence-corrected chi connectivity index (χ1v) is 9.00. The molecule has 0 saturated heterocycles. The molecule has 0 aliphatic heterocycles. The summed E-state index contributed by atoms with van der Waals surface area (Å²) in [4.78, 5) is 36.3. The van der Waals surface area contributed by atoms with Crippen molar-refractivity contribution in [3.8, 4) is 0 Å². The van der Waals surface area contributed by atoms with Crippen molar-refractivity contribution in [3.05, 3.63) is 0 Å². The van der Waals surface area contributed by atoms with Gasteiger partial charge < -0.3 is 19.3 Å². The fourth-order valence-corrected chi connectivity index (χ4v) is 1.95. The van der Waals surface area contributed by atoms with E-state index < -0.39 is 35.8 Å². The van der Waals surface area contributed by atoms with Gasteiger partial charge in [0, 0.05) is 0 Å². The van der Waals surface area contributed by atoms with Crippen LogP contribution in [0.4, 0.5) is 0 Å². The molecule has 0 fully saturated rings. The Morgan fingerprint density at radius 1 is 0.880 bits per heavy atom. The summed E-state index contributed by atoms with van der Waals surface area (Å²) in [5, 5.41) is 9.16. The zero-order valence-electron chi connectivity index (χ0n) is 15.8. The van der Waals surface area contributed by atoms with Gasteiger partial charge in [-0.3, -0.25) is 14.4 Å². The van der Waals surface area contributed by atoms with Crippen LogP contribution in [0, 0.1) is 11.8 Å². The van der Waals surface area contributed by atoms with Crippen LogP contribution in [-0.2, 0) is 28.6 Å². The maximum Gasteiger partial charge on any atom is 0.310 e. The predicted octanol–water partition coefficient (Wildman–Crippen LogP) is 2.24. The molecule has 0 aromatic rings. The summed E-state index contributed by atoms with van der Waals surface area (Å²) >= 11 is 0.